The molecule has 0 heterocycles. The second-order valence-electron chi connectivity index (χ2n) is 37.8. The van der Waals surface area contributed by atoms with E-state index in [1.807, 2.05) is 0 Å². The highest BCUT2D eigenvalue weighted by Crippen LogP contribution is 2.46. The fraction of sp³-hybridized carbons (Fsp3) is 0.556. The van der Waals surface area contributed by atoms with Crippen molar-refractivity contribution in [3.63, 3.8) is 0 Å². The minimum atomic E-state index is 1.29. The van der Waals surface area contributed by atoms with Crippen molar-refractivity contribution in [1.29, 1.82) is 0 Å². The van der Waals surface area contributed by atoms with Gasteiger partial charge >= 0.3 is 0 Å². The molecule has 24 rings (SSSR count). The van der Waals surface area contributed by atoms with Gasteiger partial charge in [-0.05, 0) is 458 Å². The average Bonchev–Trinajstić information content (AvgIpc) is 1.86. The molecule has 0 atom stereocenters. The highest BCUT2D eigenvalue weighted by Gasteiger charge is 2.26. The first-order valence-corrected chi connectivity index (χ1v) is 44.9. The SMILES string of the molecule is CC1=CC2=C(CCC2)C1.CC1=CC2=C(CCC2)C1.CC1=CC2=C(CCC2)C1.CC1=CC2=C(CCC2)C1.CC1=CC2=C(CCC2)C1.CC1=CC2=C(CCC2)C1.CC1=CC2=C(CCC2)C1.CC1=CC2=C(CCC2)C1.CC1=CC2=C(CCC2)C1.CC1=CC2=C(CCC2)C1.CC1=CC2=C(CCC2)C1.CC1=CC2=C(CCC2)C1. The van der Waals surface area contributed by atoms with E-state index < -0.39 is 0 Å². The Kier molecular flexibility index (Phi) is 28.3. The van der Waals surface area contributed by atoms with Crippen LogP contribution in [-0.4, -0.2) is 0 Å². The molecular formula is C108H144. The molecule has 0 spiro atoms. The lowest BCUT2D eigenvalue weighted by molar-refractivity contribution is 0.872. The van der Waals surface area contributed by atoms with E-state index in [0.29, 0.717) is 0 Å². The van der Waals surface area contributed by atoms with E-state index in [9.17, 15) is 0 Å². The first-order chi connectivity index (χ1) is 52.3. The summed E-state index contributed by atoms with van der Waals surface area (Å²) < 4.78 is 0. The Bertz CT molecular complexity index is 3320. The van der Waals surface area contributed by atoms with Gasteiger partial charge in [-0.1, -0.05) is 207 Å². The molecule has 0 amide bonds. The second kappa shape index (κ2) is 38.3. The molecular weight excluding hydrogens is 1300 g/mol. The van der Waals surface area contributed by atoms with Crippen molar-refractivity contribution in [2.75, 3.05) is 0 Å². The summed E-state index contributed by atoms with van der Waals surface area (Å²) in [5.41, 5.74) is 59.5. The summed E-state index contributed by atoms with van der Waals surface area (Å²) in [5, 5.41) is 0. The van der Waals surface area contributed by atoms with Crippen LogP contribution in [0, 0.1) is 0 Å². The van der Waals surface area contributed by atoms with Gasteiger partial charge in [0.1, 0.15) is 0 Å². The van der Waals surface area contributed by atoms with E-state index in [1.54, 1.807) is 201 Å². The molecule has 0 unspecified atom stereocenters. The maximum Gasteiger partial charge on any atom is -0.0102 e. The number of hydrogen-bond donors (Lipinski definition) is 0. The predicted octanol–water partition coefficient (Wildman–Crippen LogP) is 33.8. The largest absolute Gasteiger partial charge is 0.0690 e. The average molecular weight is 1440 g/mol. The molecule has 0 aliphatic heterocycles. The van der Waals surface area contributed by atoms with Crippen molar-refractivity contribution in [2.24, 2.45) is 0 Å². The summed E-state index contributed by atoms with van der Waals surface area (Å²) in [6.45, 7) is 26.8. The zero-order valence-electron chi connectivity index (χ0n) is 70.9. The maximum absolute atomic E-state index is 2.38. The van der Waals surface area contributed by atoms with E-state index in [-0.39, 0.29) is 0 Å². The van der Waals surface area contributed by atoms with Crippen LogP contribution in [0.2, 0.25) is 0 Å². The van der Waals surface area contributed by atoms with Crippen LogP contribution in [-0.2, 0) is 0 Å². The van der Waals surface area contributed by atoms with E-state index in [4.69, 9.17) is 0 Å². The summed E-state index contributed by atoms with van der Waals surface area (Å²) in [4.78, 5) is 0. The van der Waals surface area contributed by atoms with E-state index in [2.05, 4.69) is 156 Å². The minimum absolute atomic E-state index is 1.29. The molecule has 0 aromatic heterocycles. The van der Waals surface area contributed by atoms with Gasteiger partial charge in [0.2, 0.25) is 0 Å². The van der Waals surface area contributed by atoms with Crippen molar-refractivity contribution in [2.45, 2.75) is 391 Å². The summed E-state index contributed by atoms with van der Waals surface area (Å²) >= 11 is 0. The van der Waals surface area contributed by atoms with Crippen LogP contribution >= 0.6 is 0 Å². The lowest BCUT2D eigenvalue weighted by Gasteiger charge is -1.93. The third kappa shape index (κ3) is 22.1. The Morgan fingerprint density at radius 3 is 0.250 bits per heavy atom. The molecule has 0 aromatic carbocycles. The molecule has 0 nitrogen and oxygen atoms in total. The zero-order chi connectivity index (χ0) is 75.2. The third-order valence-corrected chi connectivity index (χ3v) is 27.5. The van der Waals surface area contributed by atoms with E-state index in [1.165, 1.54) is 308 Å². The van der Waals surface area contributed by atoms with Crippen molar-refractivity contribution < 1.29 is 0 Å². The Morgan fingerprint density at radius 2 is 0.185 bits per heavy atom. The van der Waals surface area contributed by atoms with Crippen LogP contribution in [0.25, 0.3) is 0 Å². The summed E-state index contributed by atoms with van der Waals surface area (Å²) in [6.07, 6.45) is 93.7. The number of hydrogen-bond acceptors (Lipinski definition) is 0. The number of allylic oxidation sites excluding steroid dienone is 48. The Balaban J connectivity index is 0.000000104. The Labute approximate surface area is 660 Å². The van der Waals surface area contributed by atoms with Gasteiger partial charge in [-0.3, -0.25) is 0 Å². The molecule has 0 saturated heterocycles. The van der Waals surface area contributed by atoms with Gasteiger partial charge in [0.25, 0.3) is 0 Å². The molecule has 24 aliphatic rings. The molecule has 0 bridgehead atoms. The first-order valence-electron chi connectivity index (χ1n) is 44.9. The van der Waals surface area contributed by atoms with Gasteiger partial charge in [0.15, 0.2) is 0 Å². The van der Waals surface area contributed by atoms with Crippen molar-refractivity contribution in [3.05, 3.63) is 274 Å². The minimum Gasteiger partial charge on any atom is -0.0690 e. The molecule has 108 heavy (non-hydrogen) atoms. The lowest BCUT2D eigenvalue weighted by Crippen LogP contribution is -1.74. The molecule has 576 valence electrons. The van der Waals surface area contributed by atoms with Gasteiger partial charge in [0, 0.05) is 0 Å². The van der Waals surface area contributed by atoms with Gasteiger partial charge in [-0.15, -0.1) is 0 Å². The van der Waals surface area contributed by atoms with Crippen LogP contribution in [0.5, 0.6) is 0 Å². The third-order valence-electron chi connectivity index (χ3n) is 27.5. The van der Waals surface area contributed by atoms with Crippen LogP contribution in [0.15, 0.2) is 274 Å². The molecule has 0 aromatic rings. The lowest BCUT2D eigenvalue weighted by atomic mass is 10.1. The molecule has 0 fully saturated rings. The smallest absolute Gasteiger partial charge is 0.0102 e. The molecule has 0 radical (unpaired) electrons. The summed E-state index contributed by atoms with van der Waals surface area (Å²) in [7, 11) is 0. The fourth-order valence-corrected chi connectivity index (χ4v) is 22.7. The van der Waals surface area contributed by atoms with Crippen LogP contribution in [0.3, 0.4) is 0 Å². The van der Waals surface area contributed by atoms with Gasteiger partial charge in [-0.25, -0.2) is 0 Å². The second-order valence-corrected chi connectivity index (χ2v) is 37.8. The van der Waals surface area contributed by atoms with Gasteiger partial charge in [0.05, 0.1) is 0 Å². The van der Waals surface area contributed by atoms with Gasteiger partial charge in [-0.2, -0.15) is 0 Å². The van der Waals surface area contributed by atoms with Crippen LogP contribution in [0.4, 0.5) is 0 Å². The summed E-state index contributed by atoms with van der Waals surface area (Å²) in [5.74, 6) is 0. The molecule has 0 saturated carbocycles. The zero-order valence-corrected chi connectivity index (χ0v) is 70.9. The van der Waals surface area contributed by atoms with Gasteiger partial charge < -0.3 is 0 Å². The standard InChI is InChI=1S/12C9H12/c12*1-7-5-8-3-2-4-9(8)6-7/h12*5H,2-4,6H2,1H3. The Morgan fingerprint density at radius 1 is 0.111 bits per heavy atom. The first kappa shape index (κ1) is 79.8. The van der Waals surface area contributed by atoms with E-state index in [0.717, 1.165) is 0 Å². The topological polar surface area (TPSA) is 0 Å². The predicted molar refractivity (Wildman–Crippen MR) is 471 cm³/mol. The van der Waals surface area contributed by atoms with Crippen molar-refractivity contribution in [3.8, 4) is 0 Å². The molecule has 24 aliphatic carbocycles. The quantitative estimate of drug-likeness (QED) is 0.227. The van der Waals surface area contributed by atoms with Crippen molar-refractivity contribution in [1.82, 2.24) is 0 Å². The Hall–Kier alpha value is -6.24. The molecule has 0 N–H and O–H groups in total. The van der Waals surface area contributed by atoms with E-state index >= 15 is 0 Å². The fourth-order valence-electron chi connectivity index (χ4n) is 22.7. The van der Waals surface area contributed by atoms with Crippen molar-refractivity contribution >= 4 is 0 Å². The highest BCUT2D eigenvalue weighted by atomic mass is 14.3. The van der Waals surface area contributed by atoms with Crippen LogP contribution in [0.1, 0.15) is 391 Å². The summed E-state index contributed by atoms with van der Waals surface area (Å²) in [6, 6.07) is 0. The number of rotatable bonds is 0. The highest BCUT2D eigenvalue weighted by molar-refractivity contribution is 5.49. The normalized spacial score (nSPS) is 24.8. The maximum atomic E-state index is 2.38. The van der Waals surface area contributed by atoms with Crippen LogP contribution < -0.4 is 0 Å². The monoisotopic (exact) mass is 1440 g/mol. The molecule has 0 heteroatoms.